The van der Waals surface area contributed by atoms with Gasteiger partial charge in [0.2, 0.25) is 0 Å². The van der Waals surface area contributed by atoms with Gasteiger partial charge in [0, 0.05) is 12.8 Å². The lowest BCUT2D eigenvalue weighted by Gasteiger charge is -2.35. The summed E-state index contributed by atoms with van der Waals surface area (Å²) in [7, 11) is 0. The predicted molar refractivity (Wildman–Crippen MR) is 28.8 cm³/mol. The first-order valence-electron chi connectivity index (χ1n) is 3.23. The Morgan fingerprint density at radius 3 is 2.22 bits per heavy atom. The molecule has 3 nitrogen and oxygen atoms in total. The predicted octanol–water partition coefficient (Wildman–Crippen LogP) is 1.42. The Labute approximate surface area is 52.9 Å². The van der Waals surface area contributed by atoms with Crippen molar-refractivity contribution in [2.75, 3.05) is 0 Å². The van der Waals surface area contributed by atoms with Gasteiger partial charge >= 0.3 is 6.16 Å². The molecule has 0 unspecified atom stereocenters. The van der Waals surface area contributed by atoms with Crippen LogP contribution in [0.4, 0.5) is 4.79 Å². The largest absolute Gasteiger partial charge is 0.514 e. The van der Waals surface area contributed by atoms with Crippen molar-refractivity contribution in [3.05, 3.63) is 0 Å². The van der Waals surface area contributed by atoms with Crippen molar-refractivity contribution in [1.29, 1.82) is 0 Å². The molecule has 1 saturated carbocycles. The van der Waals surface area contributed by atoms with Crippen LogP contribution in [0, 0.1) is 0 Å². The molecule has 1 saturated heterocycles. The van der Waals surface area contributed by atoms with Crippen molar-refractivity contribution in [3.63, 3.8) is 0 Å². The molecule has 0 radical (unpaired) electrons. The molecular weight excluding hydrogens is 120 g/mol. The van der Waals surface area contributed by atoms with Crippen LogP contribution in [0.5, 0.6) is 0 Å². The third-order valence-corrected chi connectivity index (χ3v) is 1.90. The average Bonchev–Trinajstić information content (AvgIpc) is 2.12. The van der Waals surface area contributed by atoms with Crippen molar-refractivity contribution in [3.8, 4) is 0 Å². The van der Waals surface area contributed by atoms with Crippen molar-refractivity contribution in [1.82, 2.24) is 0 Å². The summed E-state index contributed by atoms with van der Waals surface area (Å²) in [4.78, 5) is 10.2. The Balaban J connectivity index is 2.03. The van der Waals surface area contributed by atoms with Crippen molar-refractivity contribution in [2.24, 2.45) is 0 Å². The summed E-state index contributed by atoms with van der Waals surface area (Å²) < 4.78 is 9.65. The SMILES string of the molecule is O=C1OC2(CCCC2)O1. The molecule has 2 rings (SSSR count). The first-order valence-corrected chi connectivity index (χ1v) is 3.23. The van der Waals surface area contributed by atoms with E-state index in [0.717, 1.165) is 25.7 Å². The maximum atomic E-state index is 10.2. The molecule has 3 heteroatoms. The van der Waals surface area contributed by atoms with Gasteiger partial charge < -0.3 is 9.47 Å². The highest BCUT2D eigenvalue weighted by Crippen LogP contribution is 2.40. The van der Waals surface area contributed by atoms with E-state index in [1.165, 1.54) is 0 Å². The topological polar surface area (TPSA) is 35.5 Å². The third kappa shape index (κ3) is 0.605. The normalized spacial score (nSPS) is 29.1. The number of carbonyl (C=O) groups excluding carboxylic acids is 1. The van der Waals surface area contributed by atoms with E-state index >= 15 is 0 Å². The second-order valence-corrected chi connectivity index (χ2v) is 2.57. The number of hydrogen-bond donors (Lipinski definition) is 0. The minimum atomic E-state index is -0.503. The van der Waals surface area contributed by atoms with Crippen LogP contribution in [0.25, 0.3) is 0 Å². The van der Waals surface area contributed by atoms with Gasteiger partial charge in [-0.1, -0.05) is 0 Å². The second-order valence-electron chi connectivity index (χ2n) is 2.57. The van der Waals surface area contributed by atoms with Crippen molar-refractivity contribution in [2.45, 2.75) is 31.5 Å². The maximum Gasteiger partial charge on any atom is 0.514 e. The summed E-state index contributed by atoms with van der Waals surface area (Å²) in [6.45, 7) is 0. The highest BCUT2D eigenvalue weighted by molar-refractivity contribution is 5.65. The van der Waals surface area contributed by atoms with Gasteiger partial charge in [0.05, 0.1) is 0 Å². The van der Waals surface area contributed by atoms with E-state index in [2.05, 4.69) is 0 Å². The molecule has 1 aliphatic heterocycles. The minimum absolute atomic E-state index is 0.461. The smallest absolute Gasteiger partial charge is 0.391 e. The minimum Gasteiger partial charge on any atom is -0.391 e. The average molecular weight is 128 g/mol. The molecular formula is C6H8O3. The molecule has 9 heavy (non-hydrogen) atoms. The molecule has 0 atom stereocenters. The molecule has 2 fully saturated rings. The summed E-state index contributed by atoms with van der Waals surface area (Å²) in [5.41, 5.74) is 0. The summed E-state index contributed by atoms with van der Waals surface area (Å²) in [5.74, 6) is -0.461. The lowest BCUT2D eigenvalue weighted by atomic mass is 10.2. The van der Waals surface area contributed by atoms with Crippen LogP contribution in [0.15, 0.2) is 0 Å². The monoisotopic (exact) mass is 128 g/mol. The van der Waals surface area contributed by atoms with Gasteiger partial charge in [-0.05, 0) is 12.8 Å². The van der Waals surface area contributed by atoms with Crippen LogP contribution < -0.4 is 0 Å². The summed E-state index contributed by atoms with van der Waals surface area (Å²) >= 11 is 0. The first-order chi connectivity index (χ1) is 4.31. The quantitative estimate of drug-likeness (QED) is 0.463. The Hall–Kier alpha value is -0.730. The van der Waals surface area contributed by atoms with Crippen molar-refractivity contribution >= 4 is 6.16 Å². The molecule has 0 aromatic rings. The molecule has 50 valence electrons. The molecule has 1 spiro atoms. The van der Waals surface area contributed by atoms with E-state index in [1.54, 1.807) is 0 Å². The molecule has 0 N–H and O–H groups in total. The number of hydrogen-bond acceptors (Lipinski definition) is 3. The van der Waals surface area contributed by atoms with E-state index in [-0.39, 0.29) is 0 Å². The molecule has 0 aromatic carbocycles. The van der Waals surface area contributed by atoms with E-state index in [0.29, 0.717) is 0 Å². The summed E-state index contributed by atoms with van der Waals surface area (Å²) in [6, 6.07) is 0. The van der Waals surface area contributed by atoms with E-state index in [1.807, 2.05) is 0 Å². The molecule has 1 heterocycles. The molecule has 2 aliphatic rings. The highest BCUT2D eigenvalue weighted by Gasteiger charge is 2.50. The van der Waals surface area contributed by atoms with Gasteiger partial charge in [0.15, 0.2) is 0 Å². The molecule has 0 aromatic heterocycles. The summed E-state index contributed by atoms with van der Waals surface area (Å²) in [6.07, 6.45) is 3.51. The Kier molecular flexibility index (Phi) is 0.793. The number of ether oxygens (including phenoxy) is 2. The lowest BCUT2D eigenvalue weighted by molar-refractivity contribution is -0.265. The fourth-order valence-electron chi connectivity index (χ4n) is 1.43. The Morgan fingerprint density at radius 2 is 1.78 bits per heavy atom. The zero-order valence-corrected chi connectivity index (χ0v) is 5.05. The second kappa shape index (κ2) is 1.40. The van der Waals surface area contributed by atoms with Gasteiger partial charge in [-0.2, -0.15) is 0 Å². The molecule has 1 aliphatic carbocycles. The number of rotatable bonds is 0. The fraction of sp³-hybridized carbons (Fsp3) is 0.833. The zero-order chi connectivity index (χ0) is 6.32. The summed E-state index contributed by atoms with van der Waals surface area (Å²) in [5, 5.41) is 0. The lowest BCUT2D eigenvalue weighted by Crippen LogP contribution is -2.47. The fourth-order valence-corrected chi connectivity index (χ4v) is 1.43. The Morgan fingerprint density at radius 1 is 1.22 bits per heavy atom. The van der Waals surface area contributed by atoms with Crippen LogP contribution in [-0.4, -0.2) is 11.9 Å². The highest BCUT2D eigenvalue weighted by atomic mass is 16.9. The van der Waals surface area contributed by atoms with E-state index < -0.39 is 11.9 Å². The Bertz CT molecular complexity index is 136. The van der Waals surface area contributed by atoms with Crippen LogP contribution >= 0.6 is 0 Å². The van der Waals surface area contributed by atoms with Crippen LogP contribution in [0.3, 0.4) is 0 Å². The van der Waals surface area contributed by atoms with Crippen LogP contribution in [0.1, 0.15) is 25.7 Å². The number of carbonyl (C=O) groups is 1. The standard InChI is InChI=1S/C6H8O3/c7-5-8-6(9-5)3-1-2-4-6/h1-4H2. The van der Waals surface area contributed by atoms with Gasteiger partial charge in [-0.25, -0.2) is 4.79 Å². The van der Waals surface area contributed by atoms with Gasteiger partial charge in [-0.3, -0.25) is 0 Å². The van der Waals surface area contributed by atoms with Gasteiger partial charge in [-0.15, -0.1) is 0 Å². The van der Waals surface area contributed by atoms with Crippen molar-refractivity contribution < 1.29 is 14.3 Å². The first kappa shape index (κ1) is 5.09. The van der Waals surface area contributed by atoms with Gasteiger partial charge in [0.1, 0.15) is 0 Å². The zero-order valence-electron chi connectivity index (χ0n) is 5.05. The van der Waals surface area contributed by atoms with E-state index in [9.17, 15) is 4.79 Å². The van der Waals surface area contributed by atoms with Crippen LogP contribution in [0.2, 0.25) is 0 Å². The van der Waals surface area contributed by atoms with Crippen LogP contribution in [-0.2, 0) is 9.47 Å². The molecule has 0 amide bonds. The third-order valence-electron chi connectivity index (χ3n) is 1.90. The molecule has 0 bridgehead atoms. The van der Waals surface area contributed by atoms with E-state index in [4.69, 9.17) is 9.47 Å². The van der Waals surface area contributed by atoms with Gasteiger partial charge in [0.25, 0.3) is 5.79 Å². The maximum absolute atomic E-state index is 10.2.